The van der Waals surface area contributed by atoms with Crippen LogP contribution in [0.15, 0.2) is 130 Å². The number of furan rings is 2. The molecule has 0 amide bonds. The molecule has 0 radical (unpaired) electrons. The molecular formula is C38H20N2O2. The van der Waals surface area contributed by atoms with Crippen molar-refractivity contribution in [1.29, 1.82) is 10.5 Å². The first kappa shape index (κ1) is 23.8. The second kappa shape index (κ2) is 9.24. The summed E-state index contributed by atoms with van der Waals surface area (Å²) in [5, 5.41) is 23.4. The van der Waals surface area contributed by atoms with E-state index in [0.29, 0.717) is 11.1 Å². The van der Waals surface area contributed by atoms with Crippen LogP contribution in [-0.4, -0.2) is 0 Å². The molecule has 2 aromatic heterocycles. The first-order valence-corrected chi connectivity index (χ1v) is 13.6. The fraction of sp³-hybridized carbons (Fsp3) is 0. The van der Waals surface area contributed by atoms with Crippen LogP contribution >= 0.6 is 0 Å². The summed E-state index contributed by atoms with van der Waals surface area (Å²) in [5.41, 5.74) is 10.2. The Morgan fingerprint density at radius 3 is 1.95 bits per heavy atom. The molecule has 0 spiro atoms. The third kappa shape index (κ3) is 3.68. The smallest absolute Gasteiger partial charge is 0.143 e. The van der Waals surface area contributed by atoms with Gasteiger partial charge < -0.3 is 8.83 Å². The summed E-state index contributed by atoms with van der Waals surface area (Å²) >= 11 is 0. The fourth-order valence-corrected chi connectivity index (χ4v) is 5.94. The fourth-order valence-electron chi connectivity index (χ4n) is 5.94. The van der Waals surface area contributed by atoms with Crippen LogP contribution < -0.4 is 0 Å². The van der Waals surface area contributed by atoms with Crippen LogP contribution in [0.1, 0.15) is 11.1 Å². The predicted molar refractivity (Wildman–Crippen MR) is 167 cm³/mol. The van der Waals surface area contributed by atoms with Crippen molar-refractivity contribution in [2.45, 2.75) is 0 Å². The quantitative estimate of drug-likeness (QED) is 0.225. The highest BCUT2D eigenvalue weighted by Crippen LogP contribution is 2.40. The lowest BCUT2D eigenvalue weighted by Gasteiger charge is -2.12. The lowest BCUT2D eigenvalue weighted by Crippen LogP contribution is -1.89. The Bertz CT molecular complexity index is 2450. The van der Waals surface area contributed by atoms with E-state index in [4.69, 9.17) is 8.83 Å². The molecule has 42 heavy (non-hydrogen) atoms. The summed E-state index contributed by atoms with van der Waals surface area (Å²) in [6, 6.07) is 44.6. The number of benzene rings is 6. The monoisotopic (exact) mass is 536 g/mol. The average Bonchev–Trinajstić information content (AvgIpc) is 3.62. The molecule has 0 aliphatic rings. The molecule has 2 heterocycles. The highest BCUT2D eigenvalue weighted by atomic mass is 16.3. The maximum Gasteiger partial charge on any atom is 0.143 e. The number of para-hydroxylation sites is 2. The van der Waals surface area contributed by atoms with E-state index >= 15 is 0 Å². The van der Waals surface area contributed by atoms with Gasteiger partial charge >= 0.3 is 0 Å². The molecule has 0 N–H and O–H groups in total. The Morgan fingerprint density at radius 2 is 1.10 bits per heavy atom. The van der Waals surface area contributed by atoms with Crippen molar-refractivity contribution in [1.82, 2.24) is 0 Å². The van der Waals surface area contributed by atoms with E-state index in [2.05, 4.69) is 66.7 Å². The van der Waals surface area contributed by atoms with E-state index in [9.17, 15) is 10.5 Å². The van der Waals surface area contributed by atoms with Gasteiger partial charge in [-0.2, -0.15) is 10.5 Å². The van der Waals surface area contributed by atoms with Crippen LogP contribution in [0.25, 0.3) is 77.3 Å². The molecule has 0 aliphatic heterocycles. The highest BCUT2D eigenvalue weighted by molar-refractivity contribution is 6.10. The van der Waals surface area contributed by atoms with Crippen molar-refractivity contribution < 1.29 is 8.83 Å². The summed E-state index contributed by atoms with van der Waals surface area (Å²) in [5.74, 6) is 0. The molecule has 0 aliphatic carbocycles. The van der Waals surface area contributed by atoms with Gasteiger partial charge in [0.2, 0.25) is 0 Å². The van der Waals surface area contributed by atoms with Gasteiger partial charge in [0.1, 0.15) is 22.3 Å². The second-order valence-corrected chi connectivity index (χ2v) is 10.4. The van der Waals surface area contributed by atoms with Crippen LogP contribution in [0.4, 0.5) is 0 Å². The largest absolute Gasteiger partial charge is 0.456 e. The highest BCUT2D eigenvalue weighted by Gasteiger charge is 2.16. The van der Waals surface area contributed by atoms with Gasteiger partial charge in [0.25, 0.3) is 0 Å². The molecule has 194 valence electrons. The summed E-state index contributed by atoms with van der Waals surface area (Å²) in [6.45, 7) is 0. The molecule has 0 atom stereocenters. The van der Waals surface area contributed by atoms with Crippen molar-refractivity contribution in [3.8, 4) is 45.5 Å². The third-order valence-electron chi connectivity index (χ3n) is 7.94. The van der Waals surface area contributed by atoms with Crippen LogP contribution in [0.5, 0.6) is 0 Å². The molecule has 0 saturated carbocycles. The average molecular weight is 537 g/mol. The lowest BCUT2D eigenvalue weighted by molar-refractivity contribution is 0.669. The Morgan fingerprint density at radius 1 is 0.429 bits per heavy atom. The minimum atomic E-state index is 0.590. The molecule has 0 saturated heterocycles. The topological polar surface area (TPSA) is 73.9 Å². The Kier molecular flexibility index (Phi) is 5.22. The van der Waals surface area contributed by atoms with Crippen molar-refractivity contribution in [3.05, 3.63) is 132 Å². The van der Waals surface area contributed by atoms with Gasteiger partial charge in [-0.1, -0.05) is 60.7 Å². The predicted octanol–water partition coefficient (Wildman–Crippen LogP) is 10.2. The molecule has 0 fully saturated rings. The van der Waals surface area contributed by atoms with E-state index < -0.39 is 0 Å². The van der Waals surface area contributed by atoms with Crippen molar-refractivity contribution in [2.75, 3.05) is 0 Å². The van der Waals surface area contributed by atoms with Gasteiger partial charge in [0.15, 0.2) is 0 Å². The van der Waals surface area contributed by atoms with Gasteiger partial charge in [0, 0.05) is 27.1 Å². The molecule has 4 nitrogen and oxygen atoms in total. The number of fused-ring (bicyclic) bond motifs is 6. The second-order valence-electron chi connectivity index (χ2n) is 10.4. The molecular weight excluding hydrogens is 516 g/mol. The molecule has 4 heteroatoms. The third-order valence-corrected chi connectivity index (χ3v) is 7.94. The Hall–Kier alpha value is -6.10. The van der Waals surface area contributed by atoms with Crippen molar-refractivity contribution >= 4 is 43.9 Å². The minimum Gasteiger partial charge on any atom is -0.456 e. The molecule has 8 aromatic rings. The maximum absolute atomic E-state index is 9.91. The Labute approximate surface area is 240 Å². The van der Waals surface area contributed by atoms with Crippen LogP contribution in [-0.2, 0) is 0 Å². The van der Waals surface area contributed by atoms with Crippen molar-refractivity contribution in [2.24, 2.45) is 0 Å². The van der Waals surface area contributed by atoms with Crippen LogP contribution in [0, 0.1) is 22.7 Å². The zero-order valence-corrected chi connectivity index (χ0v) is 22.3. The summed E-state index contributed by atoms with van der Waals surface area (Å²) in [7, 11) is 0. The van der Waals surface area contributed by atoms with E-state index in [1.807, 2.05) is 60.7 Å². The zero-order valence-electron chi connectivity index (χ0n) is 22.3. The van der Waals surface area contributed by atoms with Gasteiger partial charge in [-0.3, -0.25) is 0 Å². The van der Waals surface area contributed by atoms with Gasteiger partial charge in [-0.25, -0.2) is 0 Å². The number of hydrogen-bond donors (Lipinski definition) is 0. The SMILES string of the molecule is N#Cc1ccc2oc3ccc(-c4cc(-c5ccccc5C#N)cc(-c5cccc6c5oc5ccccc56)c4)cc3c2c1. The lowest BCUT2D eigenvalue weighted by atomic mass is 9.91. The number of hydrogen-bond acceptors (Lipinski definition) is 4. The van der Waals surface area contributed by atoms with E-state index in [-0.39, 0.29) is 0 Å². The number of nitriles is 2. The van der Waals surface area contributed by atoms with Gasteiger partial charge in [-0.15, -0.1) is 0 Å². The van der Waals surface area contributed by atoms with E-state index in [0.717, 1.165) is 77.3 Å². The number of rotatable bonds is 3. The summed E-state index contributed by atoms with van der Waals surface area (Å²) < 4.78 is 12.5. The molecule has 0 unspecified atom stereocenters. The summed E-state index contributed by atoms with van der Waals surface area (Å²) in [6.07, 6.45) is 0. The van der Waals surface area contributed by atoms with Crippen LogP contribution in [0.2, 0.25) is 0 Å². The first-order valence-electron chi connectivity index (χ1n) is 13.6. The zero-order chi connectivity index (χ0) is 28.2. The summed E-state index contributed by atoms with van der Waals surface area (Å²) in [4.78, 5) is 0. The molecule has 0 bridgehead atoms. The van der Waals surface area contributed by atoms with Crippen molar-refractivity contribution in [3.63, 3.8) is 0 Å². The standard InChI is InChI=1S/C38H20N2O2/c39-21-23-12-14-36-33(16-23)34-20-24(13-15-37(34)41-36)26-17-27(29-7-2-1-6-25(29)22-40)19-28(18-26)30-9-5-10-32-31-8-3-4-11-35(31)42-38(30)32/h1-20H. The van der Waals surface area contributed by atoms with E-state index in [1.54, 1.807) is 6.07 Å². The minimum absolute atomic E-state index is 0.590. The number of nitrogens with zero attached hydrogens (tertiary/aromatic N) is 2. The first-order chi connectivity index (χ1) is 20.7. The van der Waals surface area contributed by atoms with Crippen LogP contribution in [0.3, 0.4) is 0 Å². The molecule has 6 aromatic carbocycles. The van der Waals surface area contributed by atoms with Gasteiger partial charge in [-0.05, 0) is 88.5 Å². The Balaban J connectivity index is 1.40. The normalized spacial score (nSPS) is 11.3. The van der Waals surface area contributed by atoms with E-state index in [1.165, 1.54) is 0 Å². The van der Waals surface area contributed by atoms with Gasteiger partial charge in [0.05, 0.1) is 23.3 Å². The molecule has 8 rings (SSSR count). The maximum atomic E-state index is 9.91.